The van der Waals surface area contributed by atoms with Crippen molar-refractivity contribution in [2.45, 2.75) is 38.4 Å². The maximum Gasteiger partial charge on any atom is 0.127 e. The first kappa shape index (κ1) is 14.5. The largest absolute Gasteiger partial charge is 0.334 e. The van der Waals surface area contributed by atoms with Gasteiger partial charge in [-0.2, -0.15) is 0 Å². The Labute approximate surface area is 116 Å². The van der Waals surface area contributed by atoms with Crippen molar-refractivity contribution in [2.75, 3.05) is 33.7 Å². The number of aryl methyl sites for hydroxylation is 1. The van der Waals surface area contributed by atoms with Gasteiger partial charge in [0.1, 0.15) is 5.82 Å². The highest BCUT2D eigenvalue weighted by molar-refractivity contribution is 5.04. The summed E-state index contributed by atoms with van der Waals surface area (Å²) in [4.78, 5) is 9.26. The van der Waals surface area contributed by atoms with E-state index in [9.17, 15) is 0 Å². The fourth-order valence-electron chi connectivity index (χ4n) is 2.91. The fraction of sp³-hybridized carbons (Fsp3) is 0.786. The minimum atomic E-state index is -0.0212. The van der Waals surface area contributed by atoms with E-state index in [1.165, 1.54) is 6.42 Å². The van der Waals surface area contributed by atoms with E-state index in [0.29, 0.717) is 6.04 Å². The minimum absolute atomic E-state index is 0.0212. The topological polar surface area (TPSA) is 50.3 Å². The van der Waals surface area contributed by atoms with E-state index >= 15 is 0 Å². The molecular formula is C14H27N5. The molecule has 2 rings (SSSR count). The van der Waals surface area contributed by atoms with Crippen LogP contribution in [0, 0.1) is 0 Å². The zero-order chi connectivity index (χ0) is 13.8. The summed E-state index contributed by atoms with van der Waals surface area (Å²) in [7, 11) is 4.36. The average molecular weight is 265 g/mol. The van der Waals surface area contributed by atoms with E-state index < -0.39 is 0 Å². The Morgan fingerprint density at radius 2 is 2.21 bits per heavy atom. The van der Waals surface area contributed by atoms with Gasteiger partial charge in [0.2, 0.25) is 0 Å². The molecule has 1 aliphatic rings. The predicted molar refractivity (Wildman–Crippen MR) is 78.0 cm³/mol. The zero-order valence-corrected chi connectivity index (χ0v) is 12.4. The lowest BCUT2D eigenvalue weighted by Crippen LogP contribution is -2.46. The Hall–Kier alpha value is -0.910. The third kappa shape index (κ3) is 3.35. The molecule has 2 unspecified atom stereocenters. The minimum Gasteiger partial charge on any atom is -0.334 e. The highest BCUT2D eigenvalue weighted by Crippen LogP contribution is 2.20. The van der Waals surface area contributed by atoms with Gasteiger partial charge in [0.25, 0.3) is 0 Å². The number of likely N-dealkylation sites (N-methyl/N-ethyl adjacent to an activating group) is 2. The summed E-state index contributed by atoms with van der Waals surface area (Å²) in [6.07, 6.45) is 6.22. The van der Waals surface area contributed by atoms with Gasteiger partial charge in [0, 0.05) is 31.5 Å². The van der Waals surface area contributed by atoms with E-state index in [-0.39, 0.29) is 6.04 Å². The Bertz CT molecular complexity index is 389. The van der Waals surface area contributed by atoms with Crippen molar-refractivity contribution in [1.29, 1.82) is 0 Å². The zero-order valence-electron chi connectivity index (χ0n) is 12.4. The molecule has 1 aromatic rings. The van der Waals surface area contributed by atoms with Crippen molar-refractivity contribution < 1.29 is 0 Å². The molecular weight excluding hydrogens is 238 g/mol. The molecule has 1 fully saturated rings. The van der Waals surface area contributed by atoms with Gasteiger partial charge < -0.3 is 20.1 Å². The molecule has 1 saturated heterocycles. The Morgan fingerprint density at radius 3 is 2.95 bits per heavy atom. The highest BCUT2D eigenvalue weighted by Gasteiger charge is 2.29. The summed E-state index contributed by atoms with van der Waals surface area (Å²) in [6, 6.07) is 0.317. The van der Waals surface area contributed by atoms with Gasteiger partial charge in [-0.25, -0.2) is 4.98 Å². The van der Waals surface area contributed by atoms with Crippen LogP contribution >= 0.6 is 0 Å². The van der Waals surface area contributed by atoms with Crippen LogP contribution in [0.4, 0.5) is 0 Å². The van der Waals surface area contributed by atoms with Crippen LogP contribution in [-0.4, -0.2) is 59.1 Å². The average Bonchev–Trinajstić information content (AvgIpc) is 2.76. The number of nitrogens with zero attached hydrogens (tertiary/aromatic N) is 4. The molecule has 1 aromatic heterocycles. The van der Waals surface area contributed by atoms with Gasteiger partial charge >= 0.3 is 0 Å². The van der Waals surface area contributed by atoms with Crippen LogP contribution in [0.3, 0.4) is 0 Å². The number of aromatic nitrogens is 2. The van der Waals surface area contributed by atoms with Crippen molar-refractivity contribution >= 4 is 0 Å². The lowest BCUT2D eigenvalue weighted by Gasteiger charge is -2.32. The second kappa shape index (κ2) is 6.50. The number of hydrogen-bond acceptors (Lipinski definition) is 4. The molecule has 0 aromatic carbocycles. The lowest BCUT2D eigenvalue weighted by atomic mass is 10.1. The number of hydrogen-bond donors (Lipinski definition) is 1. The summed E-state index contributed by atoms with van der Waals surface area (Å²) in [5, 5.41) is 0. The van der Waals surface area contributed by atoms with E-state index in [0.717, 1.165) is 38.4 Å². The van der Waals surface area contributed by atoms with Crippen molar-refractivity contribution in [1.82, 2.24) is 19.4 Å². The Balaban J connectivity index is 2.16. The molecule has 0 saturated carbocycles. The van der Waals surface area contributed by atoms with Gasteiger partial charge in [-0.3, -0.25) is 0 Å². The van der Waals surface area contributed by atoms with Crippen molar-refractivity contribution in [3.8, 4) is 0 Å². The molecule has 0 amide bonds. The van der Waals surface area contributed by atoms with Crippen LogP contribution in [-0.2, 0) is 6.54 Å². The van der Waals surface area contributed by atoms with E-state index in [1.807, 2.05) is 12.4 Å². The number of imidazole rings is 1. The molecule has 0 radical (unpaired) electrons. The molecule has 0 spiro atoms. The third-order valence-corrected chi connectivity index (χ3v) is 4.04. The van der Waals surface area contributed by atoms with Crippen molar-refractivity contribution in [3.05, 3.63) is 18.2 Å². The van der Waals surface area contributed by atoms with Gasteiger partial charge in [-0.05, 0) is 40.0 Å². The van der Waals surface area contributed by atoms with Crippen LogP contribution in [0.25, 0.3) is 0 Å². The van der Waals surface area contributed by atoms with E-state index in [1.54, 1.807) is 0 Å². The van der Waals surface area contributed by atoms with Gasteiger partial charge in [0.05, 0.1) is 6.04 Å². The van der Waals surface area contributed by atoms with Gasteiger partial charge in [-0.15, -0.1) is 0 Å². The standard InChI is InChI=1S/C14H27N5/c1-4-7-19-10-6-16-14(19)13(15)12-11-17(2)8-5-9-18(12)3/h6,10,12-13H,4-5,7-9,11,15H2,1-3H3. The fourth-order valence-corrected chi connectivity index (χ4v) is 2.91. The summed E-state index contributed by atoms with van der Waals surface area (Å²) in [5.41, 5.74) is 6.52. The Kier molecular flexibility index (Phi) is 4.96. The normalized spacial score (nSPS) is 24.3. The van der Waals surface area contributed by atoms with Crippen LogP contribution in [0.15, 0.2) is 12.4 Å². The monoisotopic (exact) mass is 265 g/mol. The highest BCUT2D eigenvalue weighted by atomic mass is 15.2. The summed E-state index contributed by atoms with van der Waals surface area (Å²) >= 11 is 0. The molecule has 1 aliphatic heterocycles. The molecule has 0 bridgehead atoms. The summed E-state index contributed by atoms with van der Waals surface area (Å²) < 4.78 is 2.20. The first-order valence-electron chi connectivity index (χ1n) is 7.29. The second-order valence-corrected chi connectivity index (χ2v) is 5.67. The summed E-state index contributed by atoms with van der Waals surface area (Å²) in [6.45, 7) is 6.45. The van der Waals surface area contributed by atoms with E-state index in [4.69, 9.17) is 5.73 Å². The molecule has 2 atom stereocenters. The molecule has 5 heteroatoms. The smallest absolute Gasteiger partial charge is 0.127 e. The molecule has 5 nitrogen and oxygen atoms in total. The molecule has 2 heterocycles. The summed E-state index contributed by atoms with van der Waals surface area (Å²) in [5.74, 6) is 1.02. The SMILES string of the molecule is CCCn1ccnc1C(N)C1CN(C)CCCN1C. The maximum absolute atomic E-state index is 6.52. The maximum atomic E-state index is 6.52. The predicted octanol–water partition coefficient (Wildman–Crippen LogP) is 0.929. The first-order valence-corrected chi connectivity index (χ1v) is 7.29. The second-order valence-electron chi connectivity index (χ2n) is 5.67. The van der Waals surface area contributed by atoms with E-state index in [2.05, 4.69) is 40.4 Å². The van der Waals surface area contributed by atoms with Crippen LogP contribution in [0.5, 0.6) is 0 Å². The van der Waals surface area contributed by atoms with Crippen molar-refractivity contribution in [3.63, 3.8) is 0 Å². The number of rotatable bonds is 4. The van der Waals surface area contributed by atoms with Crippen LogP contribution < -0.4 is 5.73 Å². The Morgan fingerprint density at radius 1 is 1.42 bits per heavy atom. The lowest BCUT2D eigenvalue weighted by molar-refractivity contribution is 0.191. The molecule has 108 valence electrons. The van der Waals surface area contributed by atoms with Crippen LogP contribution in [0.2, 0.25) is 0 Å². The molecule has 0 aliphatic carbocycles. The quantitative estimate of drug-likeness (QED) is 0.880. The van der Waals surface area contributed by atoms with Gasteiger partial charge in [0.15, 0.2) is 0 Å². The van der Waals surface area contributed by atoms with Crippen molar-refractivity contribution in [2.24, 2.45) is 5.73 Å². The third-order valence-electron chi connectivity index (χ3n) is 4.04. The van der Waals surface area contributed by atoms with Crippen LogP contribution in [0.1, 0.15) is 31.6 Å². The first-order chi connectivity index (χ1) is 9.13. The number of nitrogens with two attached hydrogens (primary N) is 1. The molecule has 2 N–H and O–H groups in total. The van der Waals surface area contributed by atoms with Gasteiger partial charge in [-0.1, -0.05) is 6.92 Å². The molecule has 19 heavy (non-hydrogen) atoms.